The van der Waals surface area contributed by atoms with E-state index < -0.39 is 0 Å². The van der Waals surface area contributed by atoms with E-state index in [0.29, 0.717) is 54.7 Å². The lowest BCUT2D eigenvalue weighted by atomic mass is 10.2. The Bertz CT molecular complexity index is 1100. The first kappa shape index (κ1) is 21.2. The third kappa shape index (κ3) is 4.34. The van der Waals surface area contributed by atoms with Crippen LogP contribution in [-0.4, -0.2) is 49.2 Å². The Hall–Kier alpha value is -4.08. The first-order valence-corrected chi connectivity index (χ1v) is 10.1. The monoisotopic (exact) mass is 437 g/mol. The molecule has 2 heterocycles. The van der Waals surface area contributed by atoms with Crippen LogP contribution in [0.5, 0.6) is 5.75 Å². The van der Waals surface area contributed by atoms with Crippen LogP contribution in [0.15, 0.2) is 54.9 Å². The SMILES string of the molecule is COc1ccccc1C(=O)NNc1ncnc(N2CCN(c3ccccc3F)CC2)c1N. The number of amides is 1. The predicted octanol–water partition coefficient (Wildman–Crippen LogP) is 2.29. The minimum absolute atomic E-state index is 0.236. The number of aromatic nitrogens is 2. The fourth-order valence-electron chi connectivity index (χ4n) is 3.62. The number of methoxy groups -OCH3 is 1. The van der Waals surface area contributed by atoms with Crippen molar-refractivity contribution in [2.24, 2.45) is 0 Å². The number of hydrazine groups is 1. The Balaban J connectivity index is 1.42. The number of carbonyl (C=O) groups excluding carboxylic acids is 1. The highest BCUT2D eigenvalue weighted by Gasteiger charge is 2.23. The second-order valence-electron chi connectivity index (χ2n) is 7.16. The van der Waals surface area contributed by atoms with Gasteiger partial charge in [0.25, 0.3) is 5.91 Å². The molecule has 1 fully saturated rings. The molecule has 0 atom stereocenters. The van der Waals surface area contributed by atoms with E-state index in [1.165, 1.54) is 19.5 Å². The second-order valence-corrected chi connectivity index (χ2v) is 7.16. The molecule has 1 aromatic heterocycles. The van der Waals surface area contributed by atoms with Gasteiger partial charge in [0.05, 0.1) is 18.4 Å². The van der Waals surface area contributed by atoms with E-state index >= 15 is 0 Å². The number of nitrogen functional groups attached to an aromatic ring is 1. The Labute approximate surface area is 185 Å². The van der Waals surface area contributed by atoms with E-state index in [9.17, 15) is 9.18 Å². The molecule has 0 radical (unpaired) electrons. The lowest BCUT2D eigenvalue weighted by Crippen LogP contribution is -2.47. The fourth-order valence-corrected chi connectivity index (χ4v) is 3.62. The molecule has 9 nitrogen and oxygen atoms in total. The van der Waals surface area contributed by atoms with Crippen molar-refractivity contribution >= 4 is 28.9 Å². The molecule has 1 aliphatic rings. The highest BCUT2D eigenvalue weighted by molar-refractivity contribution is 5.97. The van der Waals surface area contributed by atoms with Gasteiger partial charge in [-0.15, -0.1) is 0 Å². The largest absolute Gasteiger partial charge is 0.496 e. The zero-order chi connectivity index (χ0) is 22.5. The van der Waals surface area contributed by atoms with E-state index in [4.69, 9.17) is 10.5 Å². The summed E-state index contributed by atoms with van der Waals surface area (Å²) in [6.45, 7) is 2.47. The topological polar surface area (TPSA) is 109 Å². The number of ether oxygens (including phenoxy) is 1. The van der Waals surface area contributed by atoms with Gasteiger partial charge < -0.3 is 20.3 Å². The first-order valence-electron chi connectivity index (χ1n) is 10.1. The number of para-hydroxylation sites is 2. The molecule has 0 spiro atoms. The normalized spacial score (nSPS) is 13.6. The molecule has 3 aromatic rings. The number of benzene rings is 2. The molecule has 1 aliphatic heterocycles. The third-order valence-corrected chi connectivity index (χ3v) is 5.28. The number of hydrogen-bond donors (Lipinski definition) is 3. The summed E-state index contributed by atoms with van der Waals surface area (Å²) in [5.41, 5.74) is 12.9. The van der Waals surface area contributed by atoms with Crippen molar-refractivity contribution in [1.29, 1.82) is 0 Å². The molecule has 166 valence electrons. The van der Waals surface area contributed by atoms with Gasteiger partial charge >= 0.3 is 0 Å². The summed E-state index contributed by atoms with van der Waals surface area (Å²) < 4.78 is 19.3. The highest BCUT2D eigenvalue weighted by Crippen LogP contribution is 2.28. The number of hydrogen-bond acceptors (Lipinski definition) is 8. The number of nitrogens with zero attached hydrogens (tertiary/aromatic N) is 4. The van der Waals surface area contributed by atoms with Crippen LogP contribution in [0.4, 0.5) is 27.4 Å². The fraction of sp³-hybridized carbons (Fsp3) is 0.227. The van der Waals surface area contributed by atoms with Gasteiger partial charge in [-0.3, -0.25) is 15.6 Å². The van der Waals surface area contributed by atoms with Crippen LogP contribution < -0.4 is 31.1 Å². The van der Waals surface area contributed by atoms with E-state index in [2.05, 4.69) is 20.8 Å². The molecule has 0 aliphatic carbocycles. The van der Waals surface area contributed by atoms with Crippen LogP contribution in [0.3, 0.4) is 0 Å². The van der Waals surface area contributed by atoms with Crippen LogP contribution in [0.2, 0.25) is 0 Å². The van der Waals surface area contributed by atoms with Crippen molar-refractivity contribution in [3.05, 3.63) is 66.2 Å². The molecule has 4 rings (SSSR count). The Morgan fingerprint density at radius 3 is 2.47 bits per heavy atom. The Kier molecular flexibility index (Phi) is 6.20. The Morgan fingerprint density at radius 2 is 1.72 bits per heavy atom. The molecular weight excluding hydrogens is 413 g/mol. The van der Waals surface area contributed by atoms with Crippen LogP contribution in [0.25, 0.3) is 0 Å². The summed E-state index contributed by atoms with van der Waals surface area (Å²) >= 11 is 0. The number of nitrogens with one attached hydrogen (secondary N) is 2. The van der Waals surface area contributed by atoms with Crippen molar-refractivity contribution in [1.82, 2.24) is 15.4 Å². The van der Waals surface area contributed by atoms with Crippen molar-refractivity contribution in [3.8, 4) is 5.75 Å². The summed E-state index contributed by atoms with van der Waals surface area (Å²) in [4.78, 5) is 25.0. The zero-order valence-corrected chi connectivity index (χ0v) is 17.6. The maximum absolute atomic E-state index is 14.1. The summed E-state index contributed by atoms with van der Waals surface area (Å²) in [5, 5.41) is 0. The molecule has 0 bridgehead atoms. The standard InChI is InChI=1S/C22H24FN7O2/c1-32-18-9-5-2-6-15(18)22(31)28-27-20-19(24)21(26-14-25-20)30-12-10-29(11-13-30)17-8-4-3-7-16(17)23/h2-9,14H,10-13,24H2,1H3,(H,28,31)(H,25,26,27). The average molecular weight is 437 g/mol. The number of piperazine rings is 1. The smallest absolute Gasteiger partial charge is 0.273 e. The molecule has 1 saturated heterocycles. The van der Waals surface area contributed by atoms with Gasteiger partial charge in [0.2, 0.25) is 0 Å². The van der Waals surface area contributed by atoms with Crippen molar-refractivity contribution in [2.75, 3.05) is 54.2 Å². The first-order chi connectivity index (χ1) is 15.6. The maximum Gasteiger partial charge on any atom is 0.273 e. The summed E-state index contributed by atoms with van der Waals surface area (Å²) in [7, 11) is 1.50. The van der Waals surface area contributed by atoms with Gasteiger partial charge in [-0.25, -0.2) is 14.4 Å². The molecule has 2 aromatic carbocycles. The van der Waals surface area contributed by atoms with Gasteiger partial charge in [0.15, 0.2) is 11.6 Å². The van der Waals surface area contributed by atoms with E-state index in [0.717, 1.165) is 0 Å². The molecular formula is C22H24FN7O2. The predicted molar refractivity (Wildman–Crippen MR) is 121 cm³/mol. The maximum atomic E-state index is 14.1. The second kappa shape index (κ2) is 9.38. The van der Waals surface area contributed by atoms with Gasteiger partial charge in [0.1, 0.15) is 23.6 Å². The molecule has 32 heavy (non-hydrogen) atoms. The minimum atomic E-state index is -0.388. The van der Waals surface area contributed by atoms with E-state index in [1.807, 2.05) is 15.9 Å². The number of nitrogens with two attached hydrogens (primary N) is 1. The highest BCUT2D eigenvalue weighted by atomic mass is 19.1. The van der Waals surface area contributed by atoms with E-state index in [1.54, 1.807) is 36.4 Å². The van der Waals surface area contributed by atoms with Crippen LogP contribution in [0, 0.1) is 5.82 Å². The van der Waals surface area contributed by atoms with Gasteiger partial charge in [-0.2, -0.15) is 0 Å². The van der Waals surface area contributed by atoms with Gasteiger partial charge in [-0.1, -0.05) is 24.3 Å². The number of rotatable bonds is 6. The van der Waals surface area contributed by atoms with E-state index in [-0.39, 0.29) is 17.5 Å². The number of halogens is 1. The molecule has 0 unspecified atom stereocenters. The lowest BCUT2D eigenvalue weighted by molar-refractivity contribution is 0.0959. The molecule has 1 amide bonds. The molecule has 4 N–H and O–H groups in total. The number of carbonyl (C=O) groups is 1. The van der Waals surface area contributed by atoms with Gasteiger partial charge in [0, 0.05) is 26.2 Å². The quantitative estimate of drug-likeness (QED) is 0.504. The number of anilines is 4. The lowest BCUT2D eigenvalue weighted by Gasteiger charge is -2.37. The summed E-state index contributed by atoms with van der Waals surface area (Å²) in [5.74, 6) is 0.674. The molecule has 10 heteroatoms. The summed E-state index contributed by atoms with van der Waals surface area (Å²) in [6, 6.07) is 13.6. The van der Waals surface area contributed by atoms with Crippen molar-refractivity contribution in [3.63, 3.8) is 0 Å². The molecule has 0 saturated carbocycles. The van der Waals surface area contributed by atoms with Crippen molar-refractivity contribution < 1.29 is 13.9 Å². The van der Waals surface area contributed by atoms with Crippen LogP contribution in [0.1, 0.15) is 10.4 Å². The van der Waals surface area contributed by atoms with Crippen LogP contribution >= 0.6 is 0 Å². The third-order valence-electron chi connectivity index (χ3n) is 5.28. The minimum Gasteiger partial charge on any atom is -0.496 e. The van der Waals surface area contributed by atoms with Crippen LogP contribution in [-0.2, 0) is 0 Å². The van der Waals surface area contributed by atoms with Gasteiger partial charge in [-0.05, 0) is 24.3 Å². The Morgan fingerprint density at radius 1 is 1.03 bits per heavy atom. The zero-order valence-electron chi connectivity index (χ0n) is 17.6. The average Bonchev–Trinajstić information content (AvgIpc) is 2.83. The van der Waals surface area contributed by atoms with Crippen molar-refractivity contribution in [2.45, 2.75) is 0 Å². The summed E-state index contributed by atoms with van der Waals surface area (Å²) in [6.07, 6.45) is 1.38.